The smallest absolute Gasteiger partial charge is 0.276 e. The number of methoxy groups -OCH3 is 2. The summed E-state index contributed by atoms with van der Waals surface area (Å²) in [5.74, 6) is 1.54. The van der Waals surface area contributed by atoms with E-state index in [0.717, 1.165) is 11.1 Å². The number of carbonyl (C=O) groups is 1. The van der Waals surface area contributed by atoms with Crippen LogP contribution in [0.1, 0.15) is 11.1 Å². The topological polar surface area (TPSA) is 80.9 Å². The lowest BCUT2D eigenvalue weighted by molar-refractivity contribution is -0.123. The van der Waals surface area contributed by atoms with Gasteiger partial charge in [0.25, 0.3) is 5.91 Å². The summed E-state index contributed by atoms with van der Waals surface area (Å²) in [5.41, 5.74) is 7.74. The van der Waals surface area contributed by atoms with Gasteiger partial charge in [-0.1, -0.05) is 12.1 Å². The minimum absolute atomic E-state index is 0.137. The number of nitrogens with one attached hydrogen (secondary N) is 3. The van der Waals surface area contributed by atoms with E-state index in [2.05, 4.69) is 16.2 Å². The number of benzene rings is 2. The lowest BCUT2D eigenvalue weighted by Gasteiger charge is -2.15. The summed E-state index contributed by atoms with van der Waals surface area (Å²) in [6.45, 7) is 3.75. The first kappa shape index (κ1) is 20.3. The quantitative estimate of drug-likeness (QED) is 0.518. The summed E-state index contributed by atoms with van der Waals surface area (Å²) in [4.78, 5) is 12.0. The maximum atomic E-state index is 12.0. The van der Waals surface area contributed by atoms with Crippen molar-refractivity contribution in [2.75, 3.05) is 26.1 Å². The van der Waals surface area contributed by atoms with E-state index in [0.29, 0.717) is 22.9 Å². The minimum atomic E-state index is -0.363. The molecule has 0 saturated carbocycles. The van der Waals surface area contributed by atoms with Crippen LogP contribution in [-0.4, -0.2) is 31.8 Å². The molecule has 2 aromatic carbocycles. The number of ether oxygens (including phenoxy) is 3. The molecule has 2 aromatic rings. The summed E-state index contributed by atoms with van der Waals surface area (Å²) in [6, 6.07) is 11.1. The average Bonchev–Trinajstić information content (AvgIpc) is 2.67. The maximum absolute atomic E-state index is 12.0. The Kier molecular flexibility index (Phi) is 7.25. The van der Waals surface area contributed by atoms with Crippen LogP contribution >= 0.6 is 12.2 Å². The molecule has 0 aromatic heterocycles. The van der Waals surface area contributed by atoms with E-state index in [1.807, 2.05) is 32.0 Å². The number of aryl methyl sites for hydroxylation is 2. The van der Waals surface area contributed by atoms with Crippen LogP contribution in [0.4, 0.5) is 5.69 Å². The van der Waals surface area contributed by atoms with Crippen molar-refractivity contribution >= 4 is 28.9 Å². The van der Waals surface area contributed by atoms with Gasteiger partial charge >= 0.3 is 0 Å². The molecular formula is C19H23N3O4S. The SMILES string of the molecule is COc1ccc(OC)c(NC(=S)NNC(=O)COc2cc(C)ccc2C)c1. The molecule has 7 nitrogen and oxygen atoms in total. The molecule has 0 radical (unpaired) electrons. The third kappa shape index (κ3) is 6.03. The van der Waals surface area contributed by atoms with Gasteiger partial charge in [0.05, 0.1) is 19.9 Å². The first-order valence-corrected chi connectivity index (χ1v) is 8.61. The summed E-state index contributed by atoms with van der Waals surface area (Å²) in [7, 11) is 3.12. The van der Waals surface area contributed by atoms with Crippen molar-refractivity contribution in [2.45, 2.75) is 13.8 Å². The Hall–Kier alpha value is -3.00. The lowest BCUT2D eigenvalue weighted by atomic mass is 10.1. The number of thiocarbonyl (C=S) groups is 1. The zero-order valence-electron chi connectivity index (χ0n) is 15.7. The Balaban J connectivity index is 1.84. The van der Waals surface area contributed by atoms with Crippen LogP contribution in [0.25, 0.3) is 0 Å². The van der Waals surface area contributed by atoms with Crippen LogP contribution in [-0.2, 0) is 4.79 Å². The van der Waals surface area contributed by atoms with E-state index in [-0.39, 0.29) is 17.6 Å². The van der Waals surface area contributed by atoms with Crippen molar-refractivity contribution in [2.24, 2.45) is 0 Å². The fourth-order valence-corrected chi connectivity index (χ4v) is 2.39. The van der Waals surface area contributed by atoms with Gasteiger partial charge in [0.1, 0.15) is 17.2 Å². The van der Waals surface area contributed by atoms with E-state index in [4.69, 9.17) is 26.4 Å². The van der Waals surface area contributed by atoms with Crippen molar-refractivity contribution < 1.29 is 19.0 Å². The number of hydrazine groups is 1. The summed E-state index contributed by atoms with van der Waals surface area (Å²) in [6.07, 6.45) is 0. The minimum Gasteiger partial charge on any atom is -0.497 e. The second-order valence-electron chi connectivity index (χ2n) is 5.75. The molecule has 144 valence electrons. The Morgan fingerprint density at radius 1 is 1.00 bits per heavy atom. The van der Waals surface area contributed by atoms with Crippen LogP contribution in [0.2, 0.25) is 0 Å². The molecule has 0 saturated heterocycles. The summed E-state index contributed by atoms with van der Waals surface area (Å²) < 4.78 is 16.0. The molecule has 0 spiro atoms. The number of hydrogen-bond acceptors (Lipinski definition) is 5. The highest BCUT2D eigenvalue weighted by Crippen LogP contribution is 2.28. The van der Waals surface area contributed by atoms with Gasteiger partial charge in [-0.2, -0.15) is 0 Å². The predicted octanol–water partition coefficient (Wildman–Crippen LogP) is 2.72. The van der Waals surface area contributed by atoms with Gasteiger partial charge in [0, 0.05) is 6.07 Å². The Bertz CT molecular complexity index is 827. The number of anilines is 1. The Morgan fingerprint density at radius 2 is 1.78 bits per heavy atom. The zero-order valence-corrected chi connectivity index (χ0v) is 16.5. The Labute approximate surface area is 164 Å². The van der Waals surface area contributed by atoms with Crippen molar-refractivity contribution in [3.05, 3.63) is 47.5 Å². The molecule has 0 fully saturated rings. The summed E-state index contributed by atoms with van der Waals surface area (Å²) in [5, 5.41) is 3.14. The molecule has 27 heavy (non-hydrogen) atoms. The normalized spacial score (nSPS) is 9.93. The third-order valence-corrected chi connectivity index (χ3v) is 3.88. The number of amides is 1. The van der Waals surface area contributed by atoms with Crippen molar-refractivity contribution in [3.8, 4) is 17.2 Å². The van der Waals surface area contributed by atoms with Crippen LogP contribution in [0, 0.1) is 13.8 Å². The van der Waals surface area contributed by atoms with Crippen molar-refractivity contribution in [1.82, 2.24) is 10.9 Å². The standard InChI is InChI=1S/C19H23N3O4S/c1-12-5-6-13(2)17(9-12)26-11-18(23)21-22-19(27)20-15-10-14(24-3)7-8-16(15)25-4/h5-10H,11H2,1-4H3,(H,21,23)(H2,20,22,27). The molecule has 0 aliphatic heterocycles. The third-order valence-electron chi connectivity index (χ3n) is 3.67. The lowest BCUT2D eigenvalue weighted by Crippen LogP contribution is -2.45. The highest BCUT2D eigenvalue weighted by Gasteiger charge is 2.09. The zero-order chi connectivity index (χ0) is 19.8. The van der Waals surface area contributed by atoms with Gasteiger partial charge in [0.15, 0.2) is 11.7 Å². The van der Waals surface area contributed by atoms with Crippen LogP contribution < -0.4 is 30.4 Å². The molecule has 0 aliphatic rings. The molecular weight excluding hydrogens is 366 g/mol. The number of rotatable bonds is 6. The fourth-order valence-electron chi connectivity index (χ4n) is 2.23. The van der Waals surface area contributed by atoms with E-state index < -0.39 is 0 Å². The van der Waals surface area contributed by atoms with E-state index in [9.17, 15) is 4.79 Å². The number of carbonyl (C=O) groups excluding carboxylic acids is 1. The molecule has 2 rings (SSSR count). The largest absolute Gasteiger partial charge is 0.497 e. The molecule has 0 bridgehead atoms. The Morgan fingerprint density at radius 3 is 2.48 bits per heavy atom. The van der Waals surface area contributed by atoms with Crippen molar-refractivity contribution in [3.63, 3.8) is 0 Å². The molecule has 8 heteroatoms. The monoisotopic (exact) mass is 389 g/mol. The van der Waals surface area contributed by atoms with E-state index in [1.54, 1.807) is 32.4 Å². The molecule has 0 heterocycles. The van der Waals surface area contributed by atoms with E-state index in [1.165, 1.54) is 0 Å². The van der Waals surface area contributed by atoms with Gasteiger partial charge < -0.3 is 19.5 Å². The van der Waals surface area contributed by atoms with Gasteiger partial charge in [-0.15, -0.1) is 0 Å². The van der Waals surface area contributed by atoms with E-state index >= 15 is 0 Å². The molecule has 0 atom stereocenters. The highest BCUT2D eigenvalue weighted by atomic mass is 32.1. The van der Waals surface area contributed by atoms with Crippen LogP contribution in [0.15, 0.2) is 36.4 Å². The summed E-state index contributed by atoms with van der Waals surface area (Å²) >= 11 is 5.18. The van der Waals surface area contributed by atoms with Gasteiger partial charge in [0.2, 0.25) is 0 Å². The van der Waals surface area contributed by atoms with Gasteiger partial charge in [-0.3, -0.25) is 15.6 Å². The van der Waals surface area contributed by atoms with Crippen molar-refractivity contribution in [1.29, 1.82) is 0 Å². The van der Waals surface area contributed by atoms with Crippen LogP contribution in [0.3, 0.4) is 0 Å². The molecule has 0 aliphatic carbocycles. The molecule has 1 amide bonds. The second-order valence-corrected chi connectivity index (χ2v) is 6.16. The fraction of sp³-hybridized carbons (Fsp3) is 0.263. The second kappa shape index (κ2) is 9.63. The van der Waals surface area contributed by atoms with Crippen LogP contribution in [0.5, 0.6) is 17.2 Å². The predicted molar refractivity (Wildman–Crippen MR) is 108 cm³/mol. The average molecular weight is 389 g/mol. The highest BCUT2D eigenvalue weighted by molar-refractivity contribution is 7.80. The first-order valence-electron chi connectivity index (χ1n) is 8.21. The maximum Gasteiger partial charge on any atom is 0.276 e. The first-order chi connectivity index (χ1) is 12.9. The number of hydrogen-bond donors (Lipinski definition) is 3. The molecule has 3 N–H and O–H groups in total. The molecule has 0 unspecified atom stereocenters. The van der Waals surface area contributed by atoms with Gasteiger partial charge in [-0.05, 0) is 55.4 Å². The van der Waals surface area contributed by atoms with Gasteiger partial charge in [-0.25, -0.2) is 0 Å².